The molecule has 0 aromatic heterocycles. The summed E-state index contributed by atoms with van der Waals surface area (Å²) in [5.41, 5.74) is 9.47. The second-order valence-electron chi connectivity index (χ2n) is 4.01. The Morgan fingerprint density at radius 1 is 1.10 bits per heavy atom. The van der Waals surface area contributed by atoms with Gasteiger partial charge in [0.1, 0.15) is 5.75 Å². The average molecular weight is 299 g/mol. The zero-order valence-corrected chi connectivity index (χ0v) is 11.8. The van der Waals surface area contributed by atoms with Gasteiger partial charge in [0.2, 0.25) is 0 Å². The third-order valence-corrected chi connectivity index (χ3v) is 2.52. The van der Waals surface area contributed by atoms with Crippen LogP contribution in [0.4, 0.5) is 11.4 Å². The first-order valence-electron chi connectivity index (χ1n) is 6.03. The molecule has 0 atom stereocenters. The Bertz CT molecular complexity index is 685. The number of nitrogens with two attached hydrogens (primary N) is 1. The molecule has 0 aliphatic heterocycles. The molecule has 0 heterocycles. The zero-order valence-electron chi connectivity index (χ0n) is 11.0. The second kappa shape index (κ2) is 7.11. The van der Waals surface area contributed by atoms with E-state index in [9.17, 15) is 5.11 Å². The van der Waals surface area contributed by atoms with Crippen LogP contribution in [0.1, 0.15) is 5.56 Å². The Hall–Kier alpha value is -2.80. The van der Waals surface area contributed by atoms with E-state index in [0.717, 1.165) is 5.69 Å². The lowest BCUT2D eigenvalue weighted by Gasteiger charge is -2.00. The van der Waals surface area contributed by atoms with Gasteiger partial charge in [-0.25, -0.2) is 0 Å². The summed E-state index contributed by atoms with van der Waals surface area (Å²) in [4.78, 5) is 0. The number of nitrogens with one attached hydrogen (secondary N) is 1. The van der Waals surface area contributed by atoms with Crippen molar-refractivity contribution in [3.63, 3.8) is 0 Å². The number of phenolic OH excluding ortho intramolecular Hbond substituents is 1. The van der Waals surface area contributed by atoms with E-state index >= 15 is 0 Å². The summed E-state index contributed by atoms with van der Waals surface area (Å²) in [6.45, 7) is 0. The van der Waals surface area contributed by atoms with Crippen LogP contribution in [0.15, 0.2) is 63.9 Å². The monoisotopic (exact) mass is 299 g/mol. The highest BCUT2D eigenvalue weighted by Gasteiger charge is 2.00. The SMILES string of the molecule is NC(=S)NN=Cc1cc(N=Nc2ccccc2)ccc1O. The lowest BCUT2D eigenvalue weighted by molar-refractivity contribution is 0.474. The van der Waals surface area contributed by atoms with Crippen molar-refractivity contribution in [2.45, 2.75) is 0 Å². The molecule has 2 aromatic rings. The van der Waals surface area contributed by atoms with Crippen LogP contribution in [0.3, 0.4) is 0 Å². The summed E-state index contributed by atoms with van der Waals surface area (Å²) in [5.74, 6) is 0.0714. The van der Waals surface area contributed by atoms with Crippen LogP contribution in [-0.4, -0.2) is 16.4 Å². The molecule has 21 heavy (non-hydrogen) atoms. The van der Waals surface area contributed by atoms with Crippen molar-refractivity contribution in [3.05, 3.63) is 54.1 Å². The predicted octanol–water partition coefficient (Wildman–Crippen LogP) is 2.97. The minimum absolute atomic E-state index is 0.0469. The molecular formula is C14H13N5OS. The number of phenols is 1. The fraction of sp³-hybridized carbons (Fsp3) is 0. The molecule has 2 rings (SSSR count). The van der Waals surface area contributed by atoms with Gasteiger partial charge >= 0.3 is 0 Å². The third-order valence-electron chi connectivity index (χ3n) is 2.43. The predicted molar refractivity (Wildman–Crippen MR) is 86.2 cm³/mol. The van der Waals surface area contributed by atoms with Crippen LogP contribution in [0.5, 0.6) is 5.75 Å². The van der Waals surface area contributed by atoms with E-state index in [1.165, 1.54) is 12.3 Å². The molecule has 6 nitrogen and oxygen atoms in total. The molecule has 4 N–H and O–H groups in total. The van der Waals surface area contributed by atoms with Gasteiger partial charge < -0.3 is 10.8 Å². The molecule has 7 heteroatoms. The molecule has 106 valence electrons. The van der Waals surface area contributed by atoms with Crippen LogP contribution in [0, 0.1) is 0 Å². The number of benzene rings is 2. The van der Waals surface area contributed by atoms with E-state index in [4.69, 9.17) is 5.73 Å². The Morgan fingerprint density at radius 3 is 2.52 bits per heavy atom. The summed E-state index contributed by atoms with van der Waals surface area (Å²) >= 11 is 4.62. The Labute approximate surface area is 127 Å². The third kappa shape index (κ3) is 4.66. The first-order chi connectivity index (χ1) is 10.1. The van der Waals surface area contributed by atoms with Crippen molar-refractivity contribution >= 4 is 34.9 Å². The zero-order chi connectivity index (χ0) is 15.1. The number of aromatic hydroxyl groups is 1. The first kappa shape index (κ1) is 14.6. The summed E-state index contributed by atoms with van der Waals surface area (Å²) in [5, 5.41) is 21.8. The maximum Gasteiger partial charge on any atom is 0.184 e. The van der Waals surface area contributed by atoms with Gasteiger partial charge in [-0.3, -0.25) is 5.43 Å². The highest BCUT2D eigenvalue weighted by Crippen LogP contribution is 2.23. The number of rotatable bonds is 4. The number of hydrogen-bond acceptors (Lipinski definition) is 5. The lowest BCUT2D eigenvalue weighted by Crippen LogP contribution is -2.23. The molecule has 2 aromatic carbocycles. The summed E-state index contributed by atoms with van der Waals surface area (Å²) < 4.78 is 0. The van der Waals surface area contributed by atoms with Gasteiger partial charge in [0.05, 0.1) is 17.6 Å². The van der Waals surface area contributed by atoms with Crippen molar-refractivity contribution in [1.29, 1.82) is 0 Å². The van der Waals surface area contributed by atoms with Crippen LogP contribution in [0.2, 0.25) is 0 Å². The maximum absolute atomic E-state index is 9.73. The molecular weight excluding hydrogens is 286 g/mol. The van der Waals surface area contributed by atoms with E-state index in [1.54, 1.807) is 12.1 Å². The highest BCUT2D eigenvalue weighted by molar-refractivity contribution is 7.80. The minimum Gasteiger partial charge on any atom is -0.507 e. The Balaban J connectivity index is 2.16. The fourth-order valence-corrected chi connectivity index (χ4v) is 1.54. The molecule has 0 bridgehead atoms. The van der Waals surface area contributed by atoms with Crippen molar-refractivity contribution in [1.82, 2.24) is 5.43 Å². The van der Waals surface area contributed by atoms with Crippen molar-refractivity contribution in [3.8, 4) is 5.75 Å². The summed E-state index contributed by atoms with van der Waals surface area (Å²) in [6, 6.07) is 14.2. The standard InChI is InChI=1S/C14H13N5OS/c15-14(21)19-16-9-10-8-12(6-7-13(10)20)18-17-11-4-2-1-3-5-11/h1-9,20H,(H3,15,19,21). The molecule has 0 aliphatic carbocycles. The average Bonchev–Trinajstić information content (AvgIpc) is 2.48. The van der Waals surface area contributed by atoms with E-state index in [-0.39, 0.29) is 10.9 Å². The molecule has 0 spiro atoms. The largest absolute Gasteiger partial charge is 0.507 e. The number of azo groups is 1. The summed E-state index contributed by atoms with van der Waals surface area (Å²) in [7, 11) is 0. The normalized spacial score (nSPS) is 11.0. The van der Waals surface area contributed by atoms with E-state index < -0.39 is 0 Å². The maximum atomic E-state index is 9.73. The summed E-state index contributed by atoms with van der Waals surface area (Å²) in [6.07, 6.45) is 1.40. The molecule has 0 aliphatic rings. The molecule has 0 radical (unpaired) electrons. The number of hydrazone groups is 1. The van der Waals surface area contributed by atoms with Gasteiger partial charge in [0.25, 0.3) is 0 Å². The van der Waals surface area contributed by atoms with Crippen LogP contribution in [-0.2, 0) is 0 Å². The van der Waals surface area contributed by atoms with E-state index in [2.05, 4.69) is 33.0 Å². The highest BCUT2D eigenvalue weighted by atomic mass is 32.1. The number of thiocarbonyl (C=S) groups is 1. The van der Waals surface area contributed by atoms with E-state index in [1.807, 2.05) is 30.3 Å². The van der Waals surface area contributed by atoms with Gasteiger partial charge in [-0.15, -0.1) is 0 Å². The van der Waals surface area contributed by atoms with Gasteiger partial charge in [0, 0.05) is 5.56 Å². The van der Waals surface area contributed by atoms with Crippen molar-refractivity contribution in [2.75, 3.05) is 0 Å². The van der Waals surface area contributed by atoms with Gasteiger partial charge in [-0.2, -0.15) is 15.3 Å². The van der Waals surface area contributed by atoms with E-state index in [0.29, 0.717) is 11.3 Å². The molecule has 0 saturated carbocycles. The minimum atomic E-state index is 0.0469. The number of hydrogen-bond donors (Lipinski definition) is 3. The number of nitrogens with zero attached hydrogens (tertiary/aromatic N) is 3. The van der Waals surface area contributed by atoms with Gasteiger partial charge in [-0.1, -0.05) is 18.2 Å². The molecule has 0 amide bonds. The van der Waals surface area contributed by atoms with Gasteiger partial charge in [0.15, 0.2) is 5.11 Å². The molecule has 0 fully saturated rings. The second-order valence-corrected chi connectivity index (χ2v) is 4.45. The van der Waals surface area contributed by atoms with Crippen LogP contribution >= 0.6 is 12.2 Å². The topological polar surface area (TPSA) is 95.4 Å². The Morgan fingerprint density at radius 2 is 1.81 bits per heavy atom. The molecule has 0 unspecified atom stereocenters. The quantitative estimate of drug-likeness (QED) is 0.350. The lowest BCUT2D eigenvalue weighted by atomic mass is 10.2. The van der Waals surface area contributed by atoms with Crippen LogP contribution < -0.4 is 11.2 Å². The fourth-order valence-electron chi connectivity index (χ4n) is 1.48. The first-order valence-corrected chi connectivity index (χ1v) is 6.44. The Kier molecular flexibility index (Phi) is 4.94. The van der Waals surface area contributed by atoms with Crippen LogP contribution in [0.25, 0.3) is 0 Å². The van der Waals surface area contributed by atoms with Crippen molar-refractivity contribution < 1.29 is 5.11 Å². The smallest absolute Gasteiger partial charge is 0.184 e. The molecule has 0 saturated heterocycles. The van der Waals surface area contributed by atoms with Crippen molar-refractivity contribution in [2.24, 2.45) is 21.1 Å². The van der Waals surface area contributed by atoms with Gasteiger partial charge in [-0.05, 0) is 42.5 Å².